The summed E-state index contributed by atoms with van der Waals surface area (Å²) in [6.45, 7) is 22.8. The second-order valence-corrected chi connectivity index (χ2v) is 41.9. The highest BCUT2D eigenvalue weighted by molar-refractivity contribution is 7.94. The van der Waals surface area contributed by atoms with Crippen LogP contribution in [0.2, 0.25) is 0 Å². The minimum absolute atomic E-state index is 0.0473. The van der Waals surface area contributed by atoms with E-state index in [2.05, 4.69) is 19.6 Å². The Kier molecular flexibility index (Phi) is 43.0. The Morgan fingerprint density at radius 1 is 0.287 bits per heavy atom. The lowest BCUT2D eigenvalue weighted by Gasteiger charge is -2.39. The summed E-state index contributed by atoms with van der Waals surface area (Å²) in [6.07, 6.45) is 2.30. The first-order valence-electron chi connectivity index (χ1n) is 45.8. The van der Waals surface area contributed by atoms with Gasteiger partial charge >= 0.3 is 0 Å². The Labute approximate surface area is 798 Å². The van der Waals surface area contributed by atoms with Crippen LogP contribution in [0, 0.1) is 0 Å². The lowest BCUT2D eigenvalue weighted by atomic mass is 9.95. The van der Waals surface area contributed by atoms with Gasteiger partial charge in [0.2, 0.25) is 0 Å². The summed E-state index contributed by atoms with van der Waals surface area (Å²) < 4.78 is 150. The van der Waals surface area contributed by atoms with E-state index < -0.39 is 82.0 Å². The number of hydrogen-bond acceptors (Lipinski definition) is 30. The van der Waals surface area contributed by atoms with Crippen molar-refractivity contribution in [2.24, 2.45) is 0 Å². The molecular formula is C98H132N8O26S4. The molecule has 8 aromatic rings. The predicted molar refractivity (Wildman–Crippen MR) is 512 cm³/mol. The molecule has 0 radical (unpaired) electrons. The van der Waals surface area contributed by atoms with Crippen LogP contribution in [-0.2, 0) is 82.2 Å². The van der Waals surface area contributed by atoms with Crippen LogP contribution in [0.1, 0.15) is 98.8 Å². The van der Waals surface area contributed by atoms with E-state index in [-0.39, 0.29) is 77.6 Å². The molecule has 4 amide bonds. The molecule has 4 saturated heterocycles. The van der Waals surface area contributed by atoms with Gasteiger partial charge in [-0.05, 0) is 240 Å². The minimum Gasteiger partial charge on any atom is -0.494 e. The van der Waals surface area contributed by atoms with E-state index in [4.69, 9.17) is 47.7 Å². The van der Waals surface area contributed by atoms with Gasteiger partial charge in [0.15, 0.2) is 58.3 Å². The average molecular weight is 1970 g/mol. The number of aliphatic hydroxyl groups is 1. The number of unbranched alkanes of at least 4 members (excludes halogenated alkanes) is 1. The first-order chi connectivity index (χ1) is 65.5. The molecule has 136 heavy (non-hydrogen) atoms. The van der Waals surface area contributed by atoms with Crippen molar-refractivity contribution in [1.82, 2.24) is 41.5 Å². The second kappa shape index (κ2) is 53.3. The summed E-state index contributed by atoms with van der Waals surface area (Å²) >= 11 is 0. The Morgan fingerprint density at radius 2 is 0.485 bits per heavy atom. The zero-order chi connectivity index (χ0) is 98.4. The van der Waals surface area contributed by atoms with Crippen molar-refractivity contribution >= 4 is 63.0 Å². The van der Waals surface area contributed by atoms with Crippen LogP contribution in [-0.4, -0.2) is 300 Å². The summed E-state index contributed by atoms with van der Waals surface area (Å²) in [5.74, 6) is -0.637. The van der Waals surface area contributed by atoms with Crippen molar-refractivity contribution in [3.8, 4) is 67.5 Å². The van der Waals surface area contributed by atoms with Crippen molar-refractivity contribution < 1.29 is 121 Å². The van der Waals surface area contributed by atoms with Crippen molar-refractivity contribution in [3.63, 3.8) is 0 Å². The van der Waals surface area contributed by atoms with E-state index in [1.165, 1.54) is 48.5 Å². The topological polar surface area (TPSA) is 450 Å². The van der Waals surface area contributed by atoms with Crippen molar-refractivity contribution in [1.29, 1.82) is 0 Å². The number of carbonyl (C=O) groups excluding carboxylic acids is 4. The highest BCUT2D eigenvalue weighted by Gasteiger charge is 2.57. The van der Waals surface area contributed by atoms with Gasteiger partial charge in [-0.1, -0.05) is 111 Å². The number of piperidine rings is 4. The number of nitrogens with zero attached hydrogens (tertiary/aromatic N) is 4. The fourth-order valence-corrected chi connectivity index (χ4v) is 24.6. The summed E-state index contributed by atoms with van der Waals surface area (Å²) in [4.78, 5) is 58.9. The molecule has 0 atom stereocenters. The Hall–Kier alpha value is -9.92. The summed E-state index contributed by atoms with van der Waals surface area (Å²) in [5, 5.41) is 46.1. The monoisotopic (exact) mass is 1960 g/mol. The van der Waals surface area contributed by atoms with Gasteiger partial charge in [0.1, 0.15) is 42.8 Å². The van der Waals surface area contributed by atoms with Gasteiger partial charge in [-0.2, -0.15) is 0 Å². The molecule has 0 aliphatic carbocycles. The Morgan fingerprint density at radius 3 is 0.669 bits per heavy atom. The highest BCUT2D eigenvalue weighted by atomic mass is 32.2. The molecule has 0 spiro atoms. The number of carbonyl (C=O) groups is 4. The van der Waals surface area contributed by atoms with Crippen LogP contribution in [0.3, 0.4) is 0 Å². The molecular weight excluding hydrogens is 1830 g/mol. The van der Waals surface area contributed by atoms with Crippen LogP contribution < -0.4 is 40.9 Å². The number of hydroxylamine groups is 4. The molecule has 4 fully saturated rings. The van der Waals surface area contributed by atoms with Crippen molar-refractivity contribution in [2.75, 3.05) is 179 Å². The van der Waals surface area contributed by atoms with Crippen molar-refractivity contribution in [3.05, 3.63) is 194 Å². The predicted octanol–water partition coefficient (Wildman–Crippen LogP) is 10.6. The van der Waals surface area contributed by atoms with Gasteiger partial charge in [0.25, 0.3) is 23.6 Å². The molecule has 12 rings (SSSR count). The lowest BCUT2D eigenvalue weighted by Crippen LogP contribution is -2.58. The molecule has 4 aliphatic rings. The summed E-state index contributed by atoms with van der Waals surface area (Å²) in [5.41, 5.74) is 13.3. The van der Waals surface area contributed by atoms with Gasteiger partial charge in [0.05, 0.1) is 59.2 Å². The van der Waals surface area contributed by atoms with Crippen LogP contribution in [0.15, 0.2) is 214 Å². The summed E-state index contributed by atoms with van der Waals surface area (Å²) in [6, 6.07) is 55.9. The smallest absolute Gasteiger partial charge is 0.265 e. The standard InChI is InChI=1S/2C25H34N2O7S.2C24H32N2O6S/c2*1-3-33-18-19-34-22-8-4-20(5-9-22)21-6-10-23(11-7-21)35(30,31)25(24(28)26-29)12-14-27(15-13-25)16-17-32-2;1-3-26-15-13-24(14-16-26,23(27)25-28)33(29,30)22-11-7-20(8-12-22)19-5-9-21(10-6-19)32-18-17-31-4-2;1-2-26-15-13-24(14-16-26,23(28)25-29)33(30,31)22-11-7-20(8-12-22)19-5-9-21(10-6-19)32-18-4-3-17-27/h2*4-11,29H,3,12-19H2,1-2H3,(H,26,28);5-12,28H,3-4,13-18H2,1-2H3,(H,25,27);5-12,27,29H,2-4,13-18H2,1H3,(H,25,28). The number of hydrogen-bond donors (Lipinski definition) is 9. The third-order valence-corrected chi connectivity index (χ3v) is 35.3. The Bertz CT molecular complexity index is 5150. The molecule has 4 heterocycles. The van der Waals surface area contributed by atoms with Gasteiger partial charge in [-0.15, -0.1) is 0 Å². The Balaban J connectivity index is 0.000000203. The lowest BCUT2D eigenvalue weighted by molar-refractivity contribution is -0.134. The zero-order valence-electron chi connectivity index (χ0n) is 78.5. The number of ether oxygens (including phenoxy) is 9. The first kappa shape index (κ1) is 110. The fourth-order valence-electron chi connectivity index (χ4n) is 16.7. The number of likely N-dealkylation sites (tertiary alicyclic amines) is 4. The largest absolute Gasteiger partial charge is 0.494 e. The highest BCUT2D eigenvalue weighted by Crippen LogP contribution is 2.43. The van der Waals surface area contributed by atoms with Crippen LogP contribution in [0.5, 0.6) is 23.0 Å². The maximum Gasteiger partial charge on any atom is 0.265 e. The van der Waals surface area contributed by atoms with Crippen LogP contribution in [0.25, 0.3) is 44.5 Å². The second-order valence-electron chi connectivity index (χ2n) is 32.9. The average Bonchev–Trinajstić information content (AvgIpc) is 0.753. The van der Waals surface area contributed by atoms with Gasteiger partial charge in [-0.3, -0.25) is 40.0 Å². The minimum atomic E-state index is -4.06. The molecule has 34 nitrogen and oxygen atoms in total. The molecule has 0 bridgehead atoms. The van der Waals surface area contributed by atoms with E-state index in [9.17, 15) is 73.7 Å². The zero-order valence-corrected chi connectivity index (χ0v) is 81.7. The van der Waals surface area contributed by atoms with Crippen LogP contribution >= 0.6 is 0 Å². The maximum absolute atomic E-state index is 13.6. The molecule has 4 aliphatic heterocycles. The van der Waals surface area contributed by atoms with E-state index in [0.29, 0.717) is 151 Å². The van der Waals surface area contributed by atoms with E-state index in [1.807, 2.05) is 132 Å². The van der Waals surface area contributed by atoms with E-state index in [0.717, 1.165) is 87.0 Å². The number of aliphatic hydroxyl groups excluding tert-OH is 1. The number of rotatable bonds is 44. The first-order valence-corrected chi connectivity index (χ1v) is 51.8. The molecule has 0 unspecified atom stereocenters. The molecule has 38 heteroatoms. The molecule has 9 N–H and O–H groups in total. The number of benzene rings is 8. The molecule has 8 aromatic carbocycles. The van der Waals surface area contributed by atoms with Gasteiger partial charge < -0.3 is 67.3 Å². The van der Waals surface area contributed by atoms with Crippen molar-refractivity contribution in [2.45, 2.75) is 137 Å². The van der Waals surface area contributed by atoms with E-state index in [1.54, 1.807) is 84.7 Å². The third-order valence-electron chi connectivity index (χ3n) is 25.2. The number of sulfone groups is 4. The number of methoxy groups -OCH3 is 2. The number of nitrogens with one attached hydrogen (secondary N) is 4. The maximum atomic E-state index is 13.6. The SMILES string of the molecule is CCN1CCC(C(=O)NO)(S(=O)(=O)c2ccc(-c3ccc(OCCCCO)cc3)cc2)CC1.CCOCCOc1ccc(-c2ccc(S(=O)(=O)C3(C(=O)NO)CCN(CC)CC3)cc2)cc1.CCOCCOc1ccc(-c2ccc(S(=O)(=O)C3(C(=O)NO)CCN(CCOC)CC3)cc2)cc1.CCOCCOc1ccc(-c2ccc(S(=O)(=O)C3(C(=O)NO)CCN(CCOC)CC3)cc2)cc1. The fraction of sp³-hybridized carbons (Fsp3) is 0.469. The number of amides is 4. The van der Waals surface area contributed by atoms with Gasteiger partial charge in [-0.25, -0.2) is 55.6 Å². The normalized spacial score (nSPS) is 16.2. The molecule has 0 saturated carbocycles. The molecule has 744 valence electrons. The molecule has 0 aromatic heterocycles. The van der Waals surface area contributed by atoms with Gasteiger partial charge in [0, 0.05) is 106 Å². The summed E-state index contributed by atoms with van der Waals surface area (Å²) in [7, 11) is -13.0. The van der Waals surface area contributed by atoms with E-state index >= 15 is 0 Å². The van der Waals surface area contributed by atoms with Crippen LogP contribution in [0.4, 0.5) is 0 Å². The third kappa shape index (κ3) is 27.4. The quantitative estimate of drug-likeness (QED) is 0.00973.